The summed E-state index contributed by atoms with van der Waals surface area (Å²) in [4.78, 5) is 13.3. The molecule has 1 saturated carbocycles. The normalized spacial score (nSPS) is 27.9. The van der Waals surface area contributed by atoms with Crippen molar-refractivity contribution >= 4 is 12.3 Å². The quantitative estimate of drug-likeness (QED) is 0.459. The van der Waals surface area contributed by atoms with E-state index < -0.39 is 28.9 Å². The fraction of sp³-hybridized carbons (Fsp3) is 0.846. The molecule has 2 aliphatic rings. The molecule has 1 saturated heterocycles. The average molecular weight is 290 g/mol. The number of oxime groups is 1. The van der Waals surface area contributed by atoms with Crippen LogP contribution in [0, 0.1) is 11.3 Å². The second-order valence-electron chi connectivity index (χ2n) is 6.49. The summed E-state index contributed by atoms with van der Waals surface area (Å²) in [6.45, 7) is 5.76. The zero-order valence-corrected chi connectivity index (χ0v) is 11.9. The van der Waals surface area contributed by atoms with Crippen molar-refractivity contribution in [3.8, 4) is 0 Å². The molecule has 0 bridgehead atoms. The largest absolute Gasteiger partial charge is 0.444 e. The van der Waals surface area contributed by atoms with Crippen molar-refractivity contribution in [2.45, 2.75) is 45.1 Å². The molecular formula is C13H20F2N2O3. The van der Waals surface area contributed by atoms with Crippen LogP contribution in [0.3, 0.4) is 0 Å². The van der Waals surface area contributed by atoms with E-state index >= 15 is 0 Å². The van der Waals surface area contributed by atoms with Gasteiger partial charge in [0.1, 0.15) is 5.60 Å². The van der Waals surface area contributed by atoms with E-state index in [0.29, 0.717) is 0 Å². The van der Waals surface area contributed by atoms with Gasteiger partial charge in [-0.25, -0.2) is 13.6 Å². The van der Waals surface area contributed by atoms with Gasteiger partial charge in [-0.1, -0.05) is 0 Å². The summed E-state index contributed by atoms with van der Waals surface area (Å²) in [7, 11) is 0. The molecule has 1 amide bonds. The number of ether oxygens (including phenoxy) is 1. The summed E-state index contributed by atoms with van der Waals surface area (Å²) in [5.41, 5.74) is -1.75. The maximum absolute atomic E-state index is 13.8. The molecule has 0 aromatic heterocycles. The summed E-state index contributed by atoms with van der Waals surface area (Å²) < 4.78 is 32.8. The Balaban J connectivity index is 1.95. The molecule has 0 aromatic carbocycles. The van der Waals surface area contributed by atoms with E-state index in [-0.39, 0.29) is 25.9 Å². The first-order valence-electron chi connectivity index (χ1n) is 6.67. The fourth-order valence-electron chi connectivity index (χ4n) is 2.90. The van der Waals surface area contributed by atoms with Crippen LogP contribution in [-0.2, 0) is 4.74 Å². The zero-order chi connectivity index (χ0) is 15.2. The molecule has 1 N–H and O–H groups in total. The first kappa shape index (κ1) is 15.0. The molecule has 1 aliphatic carbocycles. The Morgan fingerprint density at radius 2 is 1.95 bits per heavy atom. The lowest BCUT2D eigenvalue weighted by atomic mass is 9.91. The average Bonchev–Trinajstić information content (AvgIpc) is 2.75. The lowest BCUT2D eigenvalue weighted by Gasteiger charge is -2.33. The number of nitrogens with zero attached hydrogens (tertiary/aromatic N) is 2. The fourth-order valence-corrected chi connectivity index (χ4v) is 2.90. The van der Waals surface area contributed by atoms with Crippen molar-refractivity contribution in [3.05, 3.63) is 0 Å². The van der Waals surface area contributed by atoms with E-state index in [1.807, 2.05) is 0 Å². The highest BCUT2D eigenvalue weighted by atomic mass is 19.3. The molecular weight excluding hydrogens is 270 g/mol. The van der Waals surface area contributed by atoms with Crippen LogP contribution in [0.1, 0.15) is 33.6 Å². The predicted octanol–water partition coefficient (Wildman–Crippen LogP) is 2.73. The number of likely N-dealkylation sites (tertiary alicyclic amines) is 1. The number of alkyl halides is 2. The first-order chi connectivity index (χ1) is 9.14. The predicted molar refractivity (Wildman–Crippen MR) is 68.2 cm³/mol. The van der Waals surface area contributed by atoms with E-state index in [1.54, 1.807) is 20.8 Å². The number of piperidine rings is 1. The van der Waals surface area contributed by atoms with E-state index in [9.17, 15) is 13.6 Å². The molecule has 2 rings (SSSR count). The van der Waals surface area contributed by atoms with Crippen LogP contribution in [0.25, 0.3) is 0 Å². The number of carbonyl (C=O) groups is 1. The zero-order valence-electron chi connectivity index (χ0n) is 11.9. The summed E-state index contributed by atoms with van der Waals surface area (Å²) in [5, 5.41) is 11.2. The van der Waals surface area contributed by atoms with Crippen molar-refractivity contribution in [1.82, 2.24) is 4.90 Å². The molecule has 0 radical (unpaired) electrons. The van der Waals surface area contributed by atoms with Crippen LogP contribution in [0.2, 0.25) is 0 Å². The number of hydrogen-bond donors (Lipinski definition) is 1. The van der Waals surface area contributed by atoms with Gasteiger partial charge in [-0.15, -0.1) is 5.16 Å². The van der Waals surface area contributed by atoms with E-state index in [4.69, 9.17) is 9.94 Å². The van der Waals surface area contributed by atoms with Gasteiger partial charge in [0.25, 0.3) is 5.92 Å². The van der Waals surface area contributed by atoms with Crippen LogP contribution >= 0.6 is 0 Å². The van der Waals surface area contributed by atoms with E-state index in [2.05, 4.69) is 5.16 Å². The van der Waals surface area contributed by atoms with E-state index in [1.165, 1.54) is 4.90 Å². The Bertz CT molecular complexity index is 424. The molecule has 1 unspecified atom stereocenters. The third-order valence-corrected chi connectivity index (χ3v) is 4.09. The highest BCUT2D eigenvalue weighted by Gasteiger charge is 2.79. The summed E-state index contributed by atoms with van der Waals surface area (Å²) >= 11 is 0. The molecule has 0 aromatic rings. The van der Waals surface area contributed by atoms with Crippen LogP contribution in [0.4, 0.5) is 13.6 Å². The second kappa shape index (κ2) is 4.56. The molecule has 1 aliphatic heterocycles. The van der Waals surface area contributed by atoms with Crippen LogP contribution in [0.5, 0.6) is 0 Å². The smallest absolute Gasteiger partial charge is 0.410 e. The number of halogens is 2. The third kappa shape index (κ3) is 2.33. The SMILES string of the molecule is CC(C)(C)OC(=O)N1CCC2(CC1)C(/C=N\O)C2(F)F. The Morgan fingerprint density at radius 1 is 1.40 bits per heavy atom. The molecule has 1 heterocycles. The lowest BCUT2D eigenvalue weighted by molar-refractivity contribution is 0.00114. The van der Waals surface area contributed by atoms with Gasteiger partial charge >= 0.3 is 6.09 Å². The molecule has 114 valence electrons. The third-order valence-electron chi connectivity index (χ3n) is 4.09. The van der Waals surface area contributed by atoms with Crippen molar-refractivity contribution in [2.75, 3.05) is 13.1 Å². The Morgan fingerprint density at radius 3 is 2.40 bits per heavy atom. The number of hydrogen-bond acceptors (Lipinski definition) is 4. The Hall–Kier alpha value is -1.40. The Labute approximate surface area is 116 Å². The molecule has 7 heteroatoms. The minimum atomic E-state index is -2.85. The van der Waals surface area contributed by atoms with Crippen molar-refractivity contribution in [1.29, 1.82) is 0 Å². The highest BCUT2D eigenvalue weighted by molar-refractivity contribution is 5.71. The summed E-state index contributed by atoms with van der Waals surface area (Å²) in [5.74, 6) is -3.88. The maximum Gasteiger partial charge on any atom is 0.410 e. The standard InChI is InChI=1S/C13H20F2N2O3/c1-11(2,3)20-10(18)17-6-4-12(5-7-17)9(8-16-19)13(12,14)15/h8-9,19H,4-7H2,1-3H3/b16-8-. The first-order valence-corrected chi connectivity index (χ1v) is 6.67. The van der Waals surface area contributed by atoms with Gasteiger partial charge in [-0.2, -0.15) is 0 Å². The van der Waals surface area contributed by atoms with Gasteiger partial charge in [0, 0.05) is 13.1 Å². The van der Waals surface area contributed by atoms with Crippen LogP contribution in [0.15, 0.2) is 5.16 Å². The summed E-state index contributed by atoms with van der Waals surface area (Å²) in [6.07, 6.45) is 0.818. The topological polar surface area (TPSA) is 62.1 Å². The van der Waals surface area contributed by atoms with Gasteiger partial charge in [0.2, 0.25) is 0 Å². The Kier molecular flexibility index (Phi) is 3.42. The molecule has 5 nitrogen and oxygen atoms in total. The maximum atomic E-state index is 13.8. The summed E-state index contributed by atoms with van der Waals surface area (Å²) in [6, 6.07) is 0. The van der Waals surface area contributed by atoms with E-state index in [0.717, 1.165) is 6.21 Å². The number of rotatable bonds is 1. The van der Waals surface area contributed by atoms with Crippen molar-refractivity contribution in [3.63, 3.8) is 0 Å². The molecule has 2 fully saturated rings. The molecule has 1 atom stereocenters. The van der Waals surface area contributed by atoms with Crippen LogP contribution < -0.4 is 0 Å². The minimum Gasteiger partial charge on any atom is -0.444 e. The van der Waals surface area contributed by atoms with Gasteiger partial charge in [-0.3, -0.25) is 0 Å². The lowest BCUT2D eigenvalue weighted by Crippen LogP contribution is -2.43. The van der Waals surface area contributed by atoms with Gasteiger partial charge in [0.15, 0.2) is 0 Å². The second-order valence-corrected chi connectivity index (χ2v) is 6.49. The van der Waals surface area contributed by atoms with Gasteiger partial charge < -0.3 is 14.8 Å². The van der Waals surface area contributed by atoms with Crippen molar-refractivity contribution < 1.29 is 23.5 Å². The molecule has 20 heavy (non-hydrogen) atoms. The highest BCUT2D eigenvalue weighted by Crippen LogP contribution is 2.69. The van der Waals surface area contributed by atoms with Crippen molar-refractivity contribution in [2.24, 2.45) is 16.5 Å². The van der Waals surface area contributed by atoms with Crippen LogP contribution in [-0.4, -0.2) is 47.0 Å². The number of amides is 1. The monoisotopic (exact) mass is 290 g/mol. The number of carbonyl (C=O) groups excluding carboxylic acids is 1. The molecule has 1 spiro atoms. The van der Waals surface area contributed by atoms with Gasteiger partial charge in [-0.05, 0) is 33.6 Å². The minimum absolute atomic E-state index is 0.190. The van der Waals surface area contributed by atoms with Gasteiger partial charge in [0.05, 0.1) is 17.5 Å².